The second kappa shape index (κ2) is 34.4. The Morgan fingerprint density at radius 2 is 0.958 bits per heavy atom. The lowest BCUT2D eigenvalue weighted by Gasteiger charge is -2.20. The number of carbonyl (C=O) groups is 2. The van der Waals surface area contributed by atoms with Gasteiger partial charge in [0, 0.05) is 13.0 Å². The van der Waals surface area contributed by atoms with Gasteiger partial charge in [-0.3, -0.25) is 18.6 Å². The number of unbranched alkanes of at least 4 members (excludes halogenated alkanes) is 24. The van der Waals surface area contributed by atoms with Crippen LogP contribution in [0.5, 0.6) is 0 Å². The van der Waals surface area contributed by atoms with Gasteiger partial charge in [0.25, 0.3) is 0 Å². The summed E-state index contributed by atoms with van der Waals surface area (Å²) in [5.41, 5.74) is 5.34. The number of phosphoric acid groups is 1. The van der Waals surface area contributed by atoms with Gasteiger partial charge >= 0.3 is 19.8 Å². The third kappa shape index (κ3) is 33.5. The van der Waals surface area contributed by atoms with Crippen LogP contribution in [0.15, 0.2) is 0 Å². The summed E-state index contributed by atoms with van der Waals surface area (Å²) < 4.78 is 33.2. The smallest absolute Gasteiger partial charge is 0.472 e. The van der Waals surface area contributed by atoms with E-state index < -0.39 is 45.1 Å². The number of esters is 1. The van der Waals surface area contributed by atoms with Gasteiger partial charge in [-0.1, -0.05) is 168 Å². The summed E-state index contributed by atoms with van der Waals surface area (Å²) in [7, 11) is -4.60. The molecular formula is C37H74NO9P. The Balaban J connectivity index is 4.24. The molecule has 0 heterocycles. The van der Waals surface area contributed by atoms with E-state index in [1.165, 1.54) is 128 Å². The van der Waals surface area contributed by atoms with Crippen molar-refractivity contribution in [3.8, 4) is 0 Å². The number of nitrogens with two attached hydrogens (primary N) is 1. The van der Waals surface area contributed by atoms with Gasteiger partial charge in [0.1, 0.15) is 12.1 Å². The molecule has 0 aromatic rings. The highest BCUT2D eigenvalue weighted by Crippen LogP contribution is 2.43. The number of carboxylic acid groups (broad SMARTS) is 1. The van der Waals surface area contributed by atoms with Gasteiger partial charge in [-0.15, -0.1) is 0 Å². The van der Waals surface area contributed by atoms with Crippen molar-refractivity contribution < 1.29 is 42.7 Å². The summed E-state index contributed by atoms with van der Waals surface area (Å²) in [5, 5.41) is 8.86. The molecule has 10 nitrogen and oxygen atoms in total. The van der Waals surface area contributed by atoms with Gasteiger partial charge in [-0.05, 0) is 12.8 Å². The van der Waals surface area contributed by atoms with Crippen LogP contribution < -0.4 is 5.73 Å². The zero-order valence-electron chi connectivity index (χ0n) is 30.9. The number of ether oxygens (including phenoxy) is 2. The standard InChI is InChI=1S/C37H74NO9P/c1-3-5-7-9-11-13-15-16-17-18-19-21-23-25-27-29-36(39)47-34(32-45-48(42,43)46-33-35(38)37(40)41)31-44-30-28-26-24-22-20-14-12-10-8-6-4-2/h34-35H,3-33,38H2,1-2H3,(H,40,41)(H,42,43). The van der Waals surface area contributed by atoms with Crippen molar-refractivity contribution in [1.82, 2.24) is 0 Å². The number of hydrogen-bond donors (Lipinski definition) is 3. The highest BCUT2D eigenvalue weighted by atomic mass is 31.2. The third-order valence-corrected chi connectivity index (χ3v) is 9.59. The van der Waals surface area contributed by atoms with Crippen molar-refractivity contribution in [3.05, 3.63) is 0 Å². The lowest BCUT2D eigenvalue weighted by Crippen LogP contribution is -2.34. The average Bonchev–Trinajstić information content (AvgIpc) is 3.06. The minimum absolute atomic E-state index is 0.0248. The fourth-order valence-electron chi connectivity index (χ4n) is 5.55. The van der Waals surface area contributed by atoms with Crippen LogP contribution in [0.2, 0.25) is 0 Å². The Labute approximate surface area is 293 Å². The zero-order chi connectivity index (χ0) is 35.6. The van der Waals surface area contributed by atoms with E-state index in [4.69, 9.17) is 29.4 Å². The molecule has 0 bridgehead atoms. The summed E-state index contributed by atoms with van der Waals surface area (Å²) in [6.07, 6.45) is 31.5. The molecule has 0 fully saturated rings. The van der Waals surface area contributed by atoms with Crippen LogP contribution in [0.3, 0.4) is 0 Å². The highest BCUT2D eigenvalue weighted by molar-refractivity contribution is 7.47. The van der Waals surface area contributed by atoms with E-state index in [1.54, 1.807) is 0 Å². The predicted molar refractivity (Wildman–Crippen MR) is 194 cm³/mol. The molecule has 48 heavy (non-hydrogen) atoms. The second-order valence-corrected chi connectivity index (χ2v) is 14.9. The second-order valence-electron chi connectivity index (χ2n) is 13.4. The molecule has 4 N–H and O–H groups in total. The first-order chi connectivity index (χ1) is 23.2. The van der Waals surface area contributed by atoms with Crippen molar-refractivity contribution in [2.24, 2.45) is 5.73 Å². The van der Waals surface area contributed by atoms with Crippen LogP contribution in [0.25, 0.3) is 0 Å². The fourth-order valence-corrected chi connectivity index (χ4v) is 6.32. The molecule has 0 radical (unpaired) electrons. The largest absolute Gasteiger partial charge is 0.480 e. The first-order valence-corrected chi connectivity index (χ1v) is 21.1. The van der Waals surface area contributed by atoms with Crippen LogP contribution in [-0.2, 0) is 32.7 Å². The molecule has 0 aliphatic carbocycles. The molecule has 286 valence electrons. The van der Waals surface area contributed by atoms with Gasteiger partial charge in [-0.2, -0.15) is 0 Å². The maximum atomic E-state index is 12.6. The van der Waals surface area contributed by atoms with E-state index in [9.17, 15) is 19.0 Å². The van der Waals surface area contributed by atoms with E-state index in [1.807, 2.05) is 0 Å². The first-order valence-electron chi connectivity index (χ1n) is 19.6. The molecule has 0 aromatic heterocycles. The number of hydrogen-bond acceptors (Lipinski definition) is 8. The van der Waals surface area contributed by atoms with E-state index in [0.717, 1.165) is 38.5 Å². The summed E-state index contributed by atoms with van der Waals surface area (Å²) in [5.74, 6) is -1.77. The zero-order valence-corrected chi connectivity index (χ0v) is 31.7. The fraction of sp³-hybridized carbons (Fsp3) is 0.946. The Bertz CT molecular complexity index is 786. The Kier molecular flexibility index (Phi) is 33.7. The van der Waals surface area contributed by atoms with Crippen molar-refractivity contribution in [2.45, 2.75) is 199 Å². The van der Waals surface area contributed by atoms with Crippen molar-refractivity contribution >= 4 is 19.8 Å². The summed E-state index contributed by atoms with van der Waals surface area (Å²) in [6, 6.07) is -1.47. The quantitative estimate of drug-likeness (QED) is 0.0321. The van der Waals surface area contributed by atoms with Crippen LogP contribution >= 0.6 is 7.82 Å². The van der Waals surface area contributed by atoms with E-state index in [-0.39, 0.29) is 13.0 Å². The number of aliphatic carboxylic acids is 1. The van der Waals surface area contributed by atoms with Gasteiger partial charge in [0.2, 0.25) is 0 Å². The van der Waals surface area contributed by atoms with E-state index >= 15 is 0 Å². The monoisotopic (exact) mass is 708 g/mol. The van der Waals surface area contributed by atoms with Crippen molar-refractivity contribution in [2.75, 3.05) is 26.4 Å². The first kappa shape index (κ1) is 47.0. The van der Waals surface area contributed by atoms with E-state index in [0.29, 0.717) is 6.61 Å². The van der Waals surface area contributed by atoms with Crippen LogP contribution in [0, 0.1) is 0 Å². The molecule has 0 saturated carbocycles. The minimum Gasteiger partial charge on any atom is -0.480 e. The molecule has 11 heteroatoms. The molecule has 0 aliphatic heterocycles. The SMILES string of the molecule is CCCCCCCCCCCCCCCCCC(=O)OC(COCCCCCCCCCCCCC)COP(=O)(O)OCC(N)C(=O)O. The lowest BCUT2D eigenvalue weighted by atomic mass is 10.0. The Hall–Kier alpha value is -1.03. The van der Waals surface area contributed by atoms with Crippen LogP contribution in [0.1, 0.15) is 187 Å². The molecule has 0 aliphatic rings. The summed E-state index contributed by atoms with van der Waals surface area (Å²) in [4.78, 5) is 33.4. The lowest BCUT2D eigenvalue weighted by molar-refractivity contribution is -0.154. The maximum Gasteiger partial charge on any atom is 0.472 e. The normalized spacial score (nSPS) is 14.1. The predicted octanol–water partition coefficient (Wildman–Crippen LogP) is 10.0. The van der Waals surface area contributed by atoms with Crippen LogP contribution in [0.4, 0.5) is 0 Å². The number of carbonyl (C=O) groups excluding carboxylic acids is 1. The number of carboxylic acids is 1. The number of phosphoric ester groups is 1. The minimum atomic E-state index is -4.60. The molecule has 0 saturated heterocycles. The van der Waals surface area contributed by atoms with Gasteiger partial charge in [0.15, 0.2) is 0 Å². The van der Waals surface area contributed by atoms with Gasteiger partial charge in [0.05, 0.1) is 19.8 Å². The molecule has 0 rings (SSSR count). The topological polar surface area (TPSA) is 155 Å². The summed E-state index contributed by atoms with van der Waals surface area (Å²) >= 11 is 0. The average molecular weight is 708 g/mol. The van der Waals surface area contributed by atoms with Gasteiger partial charge < -0.3 is 25.2 Å². The van der Waals surface area contributed by atoms with Crippen molar-refractivity contribution in [3.63, 3.8) is 0 Å². The Morgan fingerprint density at radius 1 is 0.583 bits per heavy atom. The Morgan fingerprint density at radius 3 is 1.38 bits per heavy atom. The third-order valence-electron chi connectivity index (χ3n) is 8.64. The molecule has 3 atom stereocenters. The highest BCUT2D eigenvalue weighted by Gasteiger charge is 2.27. The molecule has 0 spiro atoms. The molecule has 0 aromatic carbocycles. The molecule has 3 unspecified atom stereocenters. The summed E-state index contributed by atoms with van der Waals surface area (Å²) in [6.45, 7) is 3.90. The van der Waals surface area contributed by atoms with Crippen LogP contribution in [-0.4, -0.2) is 60.5 Å². The van der Waals surface area contributed by atoms with Crippen molar-refractivity contribution in [1.29, 1.82) is 0 Å². The molecular weight excluding hydrogens is 633 g/mol. The maximum absolute atomic E-state index is 12.6. The molecule has 0 amide bonds. The van der Waals surface area contributed by atoms with Gasteiger partial charge in [-0.25, -0.2) is 4.57 Å². The number of rotatable bonds is 38. The van der Waals surface area contributed by atoms with E-state index in [2.05, 4.69) is 13.8 Å².